The summed E-state index contributed by atoms with van der Waals surface area (Å²) in [5.41, 5.74) is 0.897. The molecule has 0 bridgehead atoms. The lowest BCUT2D eigenvalue weighted by atomic mass is 9.96. The fraction of sp³-hybridized carbons (Fsp3) is 0.435. The molecule has 5 nitrogen and oxygen atoms in total. The highest BCUT2D eigenvalue weighted by atomic mass is 35.5. The summed E-state index contributed by atoms with van der Waals surface area (Å²) in [7, 11) is -3.86. The van der Waals surface area contributed by atoms with Crippen LogP contribution in [0.4, 0.5) is 0 Å². The molecule has 3 rings (SSSR count). The molecule has 7 heteroatoms. The number of amides is 1. The summed E-state index contributed by atoms with van der Waals surface area (Å²) in [6.07, 6.45) is 7.95. The van der Waals surface area contributed by atoms with Crippen LogP contribution in [-0.2, 0) is 21.2 Å². The predicted molar refractivity (Wildman–Crippen MR) is 120 cm³/mol. The molecule has 1 fully saturated rings. The van der Waals surface area contributed by atoms with Crippen LogP contribution in [0.1, 0.15) is 50.5 Å². The van der Waals surface area contributed by atoms with Crippen molar-refractivity contribution in [1.82, 2.24) is 10.0 Å². The van der Waals surface area contributed by atoms with Crippen molar-refractivity contribution in [3.63, 3.8) is 0 Å². The van der Waals surface area contributed by atoms with E-state index >= 15 is 0 Å². The van der Waals surface area contributed by atoms with Gasteiger partial charge in [0.05, 0.1) is 4.90 Å². The second-order valence-electron chi connectivity index (χ2n) is 7.87. The molecule has 0 spiro atoms. The number of benzene rings is 2. The third-order valence-corrected chi connectivity index (χ3v) is 7.21. The number of hydrogen-bond donors (Lipinski definition) is 2. The minimum absolute atomic E-state index is 0.0868. The van der Waals surface area contributed by atoms with Gasteiger partial charge in [0.15, 0.2) is 0 Å². The van der Waals surface area contributed by atoms with E-state index < -0.39 is 16.1 Å². The van der Waals surface area contributed by atoms with Gasteiger partial charge in [0, 0.05) is 11.1 Å². The Morgan fingerprint density at radius 3 is 2.17 bits per heavy atom. The molecule has 30 heavy (non-hydrogen) atoms. The van der Waals surface area contributed by atoms with Gasteiger partial charge in [0.1, 0.15) is 6.04 Å². The third-order valence-electron chi connectivity index (χ3n) is 5.47. The van der Waals surface area contributed by atoms with E-state index in [1.54, 1.807) is 0 Å². The second-order valence-corrected chi connectivity index (χ2v) is 10.0. The van der Waals surface area contributed by atoms with E-state index in [1.807, 2.05) is 30.3 Å². The van der Waals surface area contributed by atoms with E-state index in [4.69, 9.17) is 11.6 Å². The normalized spacial score (nSPS) is 17.0. The van der Waals surface area contributed by atoms with Gasteiger partial charge >= 0.3 is 0 Å². The Hall–Kier alpha value is -1.89. The Labute approximate surface area is 184 Å². The molecule has 0 saturated heterocycles. The SMILES string of the molecule is O=C(NC1CCCCCCC1)[C@@H](Cc1ccccc1)NS(=O)(=O)c1ccc(Cl)cc1. The van der Waals surface area contributed by atoms with Crippen LogP contribution in [0.5, 0.6) is 0 Å². The van der Waals surface area contributed by atoms with Crippen molar-refractivity contribution in [2.75, 3.05) is 0 Å². The summed E-state index contributed by atoms with van der Waals surface area (Å²) in [6.45, 7) is 0. The van der Waals surface area contributed by atoms with Gasteiger partial charge in [-0.05, 0) is 49.1 Å². The minimum Gasteiger partial charge on any atom is -0.352 e. The maximum atomic E-state index is 13.1. The van der Waals surface area contributed by atoms with E-state index in [-0.39, 0.29) is 23.3 Å². The van der Waals surface area contributed by atoms with Gasteiger partial charge in [-0.2, -0.15) is 4.72 Å². The summed E-state index contributed by atoms with van der Waals surface area (Å²) >= 11 is 5.88. The number of halogens is 1. The maximum Gasteiger partial charge on any atom is 0.241 e. The molecule has 1 aliphatic rings. The molecule has 2 aromatic rings. The molecule has 1 atom stereocenters. The van der Waals surface area contributed by atoms with Crippen LogP contribution in [-0.4, -0.2) is 26.4 Å². The molecule has 0 heterocycles. The highest BCUT2D eigenvalue weighted by molar-refractivity contribution is 7.89. The number of nitrogens with one attached hydrogen (secondary N) is 2. The molecular formula is C23H29ClN2O3S. The van der Waals surface area contributed by atoms with Crippen LogP contribution in [0.15, 0.2) is 59.5 Å². The largest absolute Gasteiger partial charge is 0.352 e. The van der Waals surface area contributed by atoms with Gasteiger partial charge in [-0.25, -0.2) is 8.42 Å². The number of rotatable bonds is 7. The Kier molecular flexibility index (Phi) is 8.31. The van der Waals surface area contributed by atoms with Crippen molar-refractivity contribution < 1.29 is 13.2 Å². The lowest BCUT2D eigenvalue weighted by Gasteiger charge is -2.25. The maximum absolute atomic E-state index is 13.1. The summed E-state index contributed by atoms with van der Waals surface area (Å²) in [4.78, 5) is 13.2. The van der Waals surface area contributed by atoms with Crippen LogP contribution in [0.3, 0.4) is 0 Å². The molecule has 0 unspecified atom stereocenters. The average molecular weight is 449 g/mol. The van der Waals surface area contributed by atoms with E-state index in [0.29, 0.717) is 5.02 Å². The molecule has 1 aliphatic carbocycles. The molecule has 2 N–H and O–H groups in total. The fourth-order valence-corrected chi connectivity index (χ4v) is 5.13. The highest BCUT2D eigenvalue weighted by Gasteiger charge is 2.27. The van der Waals surface area contributed by atoms with Gasteiger partial charge < -0.3 is 5.32 Å². The number of carbonyl (C=O) groups excluding carboxylic acids is 1. The van der Waals surface area contributed by atoms with Gasteiger partial charge in [-0.15, -0.1) is 0 Å². The topological polar surface area (TPSA) is 75.3 Å². The highest BCUT2D eigenvalue weighted by Crippen LogP contribution is 2.18. The lowest BCUT2D eigenvalue weighted by molar-refractivity contribution is -0.123. The minimum atomic E-state index is -3.86. The Morgan fingerprint density at radius 2 is 1.53 bits per heavy atom. The van der Waals surface area contributed by atoms with E-state index in [0.717, 1.165) is 31.2 Å². The van der Waals surface area contributed by atoms with Crippen molar-refractivity contribution in [3.8, 4) is 0 Å². The summed E-state index contributed by atoms with van der Waals surface area (Å²) in [6, 6.07) is 14.6. The molecular weight excluding hydrogens is 420 g/mol. The van der Waals surface area contributed by atoms with Crippen LogP contribution in [0.2, 0.25) is 5.02 Å². The lowest BCUT2D eigenvalue weighted by Crippen LogP contribution is -2.50. The number of hydrogen-bond acceptors (Lipinski definition) is 3. The molecule has 1 saturated carbocycles. The zero-order valence-corrected chi connectivity index (χ0v) is 18.6. The van der Waals surface area contributed by atoms with Crippen LogP contribution >= 0.6 is 11.6 Å². The zero-order valence-electron chi connectivity index (χ0n) is 17.0. The monoisotopic (exact) mass is 448 g/mol. The smallest absolute Gasteiger partial charge is 0.241 e. The van der Waals surface area contributed by atoms with Gasteiger partial charge in [0.25, 0.3) is 0 Å². The standard InChI is InChI=1S/C23H29ClN2O3S/c24-19-13-15-21(16-14-19)30(28,29)26-22(17-18-9-5-4-6-10-18)23(27)25-20-11-7-2-1-3-8-12-20/h4-6,9-10,13-16,20,22,26H,1-3,7-8,11-12,17H2,(H,25,27)/t22-/m1/s1. The molecule has 1 amide bonds. The third kappa shape index (κ3) is 6.83. The van der Waals surface area contributed by atoms with Crippen LogP contribution < -0.4 is 10.0 Å². The van der Waals surface area contributed by atoms with E-state index in [9.17, 15) is 13.2 Å². The van der Waals surface area contributed by atoms with Crippen molar-refractivity contribution in [1.29, 1.82) is 0 Å². The summed E-state index contributed by atoms with van der Waals surface area (Å²) in [5, 5.41) is 3.56. The fourth-order valence-electron chi connectivity index (χ4n) is 3.81. The summed E-state index contributed by atoms with van der Waals surface area (Å²) in [5.74, 6) is -0.276. The van der Waals surface area contributed by atoms with Crippen LogP contribution in [0.25, 0.3) is 0 Å². The van der Waals surface area contributed by atoms with Crippen molar-refractivity contribution >= 4 is 27.5 Å². The summed E-state index contributed by atoms with van der Waals surface area (Å²) < 4.78 is 28.4. The molecule has 0 radical (unpaired) electrons. The molecule has 0 aromatic heterocycles. The van der Waals surface area contributed by atoms with Gasteiger partial charge in [-0.3, -0.25) is 4.79 Å². The van der Waals surface area contributed by atoms with Gasteiger partial charge in [0.2, 0.25) is 15.9 Å². The number of sulfonamides is 1. The second kappa shape index (κ2) is 10.9. The van der Waals surface area contributed by atoms with Crippen LogP contribution in [0, 0.1) is 0 Å². The van der Waals surface area contributed by atoms with Crippen molar-refractivity contribution in [3.05, 3.63) is 65.2 Å². The molecule has 162 valence electrons. The first-order valence-electron chi connectivity index (χ1n) is 10.6. The van der Waals surface area contributed by atoms with E-state index in [1.165, 1.54) is 43.5 Å². The van der Waals surface area contributed by atoms with Gasteiger partial charge in [-0.1, -0.05) is 74.0 Å². The average Bonchev–Trinajstić information content (AvgIpc) is 2.70. The predicted octanol–water partition coefficient (Wildman–Crippen LogP) is 4.46. The first kappa shape index (κ1) is 22.8. The Balaban J connectivity index is 1.76. The van der Waals surface area contributed by atoms with Crippen molar-refractivity contribution in [2.24, 2.45) is 0 Å². The molecule has 2 aromatic carbocycles. The Bertz CT molecular complexity index is 909. The first-order valence-corrected chi connectivity index (χ1v) is 12.4. The first-order chi connectivity index (χ1) is 14.4. The molecule has 0 aliphatic heterocycles. The Morgan fingerprint density at radius 1 is 0.933 bits per heavy atom. The number of carbonyl (C=O) groups is 1. The van der Waals surface area contributed by atoms with Crippen molar-refractivity contribution in [2.45, 2.75) is 68.3 Å². The quantitative estimate of drug-likeness (QED) is 0.656. The zero-order chi connectivity index (χ0) is 21.4. The van der Waals surface area contributed by atoms with E-state index in [2.05, 4.69) is 10.0 Å².